The minimum atomic E-state index is -0.412. The molecule has 1 fully saturated rings. The zero-order chi connectivity index (χ0) is 17.6. The molecule has 1 unspecified atom stereocenters. The molecular formula is C20H24Cl2N2O2. The summed E-state index contributed by atoms with van der Waals surface area (Å²) in [4.78, 5) is 12.6. The fraction of sp³-hybridized carbons (Fsp3) is 0.350. The van der Waals surface area contributed by atoms with E-state index in [0.717, 1.165) is 24.0 Å². The third kappa shape index (κ3) is 5.45. The van der Waals surface area contributed by atoms with E-state index in [1.54, 1.807) is 0 Å². The molecular weight excluding hydrogens is 371 g/mol. The van der Waals surface area contributed by atoms with Crippen LogP contribution in [0.15, 0.2) is 54.6 Å². The van der Waals surface area contributed by atoms with Crippen LogP contribution in [0.2, 0.25) is 5.02 Å². The molecule has 1 aliphatic rings. The van der Waals surface area contributed by atoms with Crippen molar-refractivity contribution in [1.82, 2.24) is 5.32 Å². The summed E-state index contributed by atoms with van der Waals surface area (Å²) in [5, 5.41) is 3.85. The number of hydrogen-bond donors (Lipinski definition) is 2. The van der Waals surface area contributed by atoms with Crippen molar-refractivity contribution in [3.05, 3.63) is 70.7 Å². The zero-order valence-corrected chi connectivity index (χ0v) is 16.0. The molecule has 6 heteroatoms. The average Bonchev–Trinajstić information content (AvgIpc) is 3.13. The van der Waals surface area contributed by atoms with Crippen LogP contribution in [-0.4, -0.2) is 24.7 Å². The Kier molecular flexibility index (Phi) is 7.91. The molecule has 2 aromatic carbocycles. The molecule has 140 valence electrons. The van der Waals surface area contributed by atoms with E-state index >= 15 is 0 Å². The van der Waals surface area contributed by atoms with Gasteiger partial charge in [-0.2, -0.15) is 0 Å². The molecule has 26 heavy (non-hydrogen) atoms. The van der Waals surface area contributed by atoms with Gasteiger partial charge < -0.3 is 15.8 Å². The Hall–Kier alpha value is -1.59. The fourth-order valence-electron chi connectivity index (χ4n) is 3.13. The molecule has 1 aliphatic heterocycles. The topological polar surface area (TPSA) is 64.4 Å². The highest BCUT2D eigenvalue weighted by Gasteiger charge is 2.31. The van der Waals surface area contributed by atoms with Crippen molar-refractivity contribution in [2.75, 3.05) is 6.54 Å². The molecule has 0 radical (unpaired) electrons. The van der Waals surface area contributed by atoms with Crippen LogP contribution in [-0.2, 0) is 16.0 Å². The summed E-state index contributed by atoms with van der Waals surface area (Å²) >= 11 is 5.97. The molecule has 0 aliphatic carbocycles. The maximum atomic E-state index is 12.6. The van der Waals surface area contributed by atoms with Crippen LogP contribution in [0.25, 0.3) is 0 Å². The lowest BCUT2D eigenvalue weighted by Gasteiger charge is -2.22. The van der Waals surface area contributed by atoms with E-state index in [0.29, 0.717) is 18.0 Å². The van der Waals surface area contributed by atoms with Gasteiger partial charge in [-0.3, -0.25) is 4.79 Å². The van der Waals surface area contributed by atoms with Crippen molar-refractivity contribution < 1.29 is 9.53 Å². The number of nitrogens with two attached hydrogens (primary N) is 1. The number of carbonyl (C=O) groups excluding carboxylic acids is 1. The summed E-state index contributed by atoms with van der Waals surface area (Å²) in [6.07, 6.45) is 1.82. The first-order valence-corrected chi connectivity index (χ1v) is 8.99. The maximum Gasteiger partial charge on any atom is 0.249 e. The second-order valence-electron chi connectivity index (χ2n) is 6.36. The third-order valence-electron chi connectivity index (χ3n) is 4.53. The number of nitrogens with one attached hydrogen (secondary N) is 1. The number of amides is 1. The summed E-state index contributed by atoms with van der Waals surface area (Å²) in [5.74, 6) is -0.0706. The number of carbonyl (C=O) groups is 1. The first-order valence-electron chi connectivity index (χ1n) is 8.61. The molecule has 3 rings (SSSR count). The largest absolute Gasteiger partial charge is 0.364 e. The lowest BCUT2D eigenvalue weighted by atomic mass is 9.98. The lowest BCUT2D eigenvalue weighted by molar-refractivity contribution is -0.132. The standard InChI is InChI=1S/C20H23ClN2O2.ClH/c21-16-8-6-14(7-9-16)12-18(15-4-2-1-3-5-15)23-20(24)19-11-10-17(13-22)25-19;/h1-9,17-19H,10-13,22H2,(H,23,24);1H/t17-,18?,19+;/m1./s1. The third-order valence-corrected chi connectivity index (χ3v) is 4.79. The Bertz CT molecular complexity index is 695. The van der Waals surface area contributed by atoms with Gasteiger partial charge in [0.2, 0.25) is 5.91 Å². The van der Waals surface area contributed by atoms with Gasteiger partial charge in [0.15, 0.2) is 0 Å². The molecule has 1 amide bonds. The summed E-state index contributed by atoms with van der Waals surface area (Å²) in [7, 11) is 0. The molecule has 1 heterocycles. The van der Waals surface area contributed by atoms with Crippen molar-refractivity contribution in [2.45, 2.75) is 37.5 Å². The predicted octanol–water partition coefficient (Wildman–Crippen LogP) is 3.67. The van der Waals surface area contributed by atoms with E-state index in [9.17, 15) is 4.79 Å². The van der Waals surface area contributed by atoms with Gasteiger partial charge in [-0.25, -0.2) is 0 Å². The summed E-state index contributed by atoms with van der Waals surface area (Å²) < 4.78 is 5.72. The molecule has 1 saturated heterocycles. The minimum absolute atomic E-state index is 0. The van der Waals surface area contributed by atoms with E-state index in [-0.39, 0.29) is 30.5 Å². The summed E-state index contributed by atoms with van der Waals surface area (Å²) in [6.45, 7) is 0.455. The Morgan fingerprint density at radius 1 is 1.15 bits per heavy atom. The Morgan fingerprint density at radius 2 is 1.85 bits per heavy atom. The van der Waals surface area contributed by atoms with E-state index in [4.69, 9.17) is 22.1 Å². The van der Waals surface area contributed by atoms with Gasteiger partial charge in [0.25, 0.3) is 0 Å². The first kappa shape index (κ1) is 20.7. The fourth-order valence-corrected chi connectivity index (χ4v) is 3.26. The SMILES string of the molecule is Cl.NC[C@H]1CC[C@@H](C(=O)NC(Cc2ccc(Cl)cc2)c2ccccc2)O1. The van der Waals surface area contributed by atoms with Crippen LogP contribution < -0.4 is 11.1 Å². The zero-order valence-electron chi connectivity index (χ0n) is 14.4. The quantitative estimate of drug-likeness (QED) is 0.785. The number of ether oxygens (including phenoxy) is 1. The summed E-state index contributed by atoms with van der Waals surface area (Å²) in [6, 6.07) is 17.6. The van der Waals surface area contributed by atoms with Gasteiger partial charge in [-0.05, 0) is 42.5 Å². The van der Waals surface area contributed by atoms with Gasteiger partial charge in [-0.1, -0.05) is 54.1 Å². The van der Waals surface area contributed by atoms with E-state index < -0.39 is 6.10 Å². The number of rotatable bonds is 6. The Balaban J connectivity index is 0.00000243. The minimum Gasteiger partial charge on any atom is -0.364 e. The molecule has 3 N–H and O–H groups in total. The molecule has 4 nitrogen and oxygen atoms in total. The van der Waals surface area contributed by atoms with E-state index in [1.807, 2.05) is 54.6 Å². The predicted molar refractivity (Wildman–Crippen MR) is 107 cm³/mol. The van der Waals surface area contributed by atoms with E-state index in [2.05, 4.69) is 5.32 Å². The van der Waals surface area contributed by atoms with Crippen molar-refractivity contribution in [3.8, 4) is 0 Å². The van der Waals surface area contributed by atoms with Crippen molar-refractivity contribution >= 4 is 29.9 Å². The number of benzene rings is 2. The van der Waals surface area contributed by atoms with Crippen LogP contribution in [0.1, 0.15) is 30.0 Å². The molecule has 2 aromatic rings. The van der Waals surface area contributed by atoms with Gasteiger partial charge in [0, 0.05) is 11.6 Å². The van der Waals surface area contributed by atoms with E-state index in [1.165, 1.54) is 0 Å². The van der Waals surface area contributed by atoms with Crippen molar-refractivity contribution in [1.29, 1.82) is 0 Å². The van der Waals surface area contributed by atoms with Crippen molar-refractivity contribution in [3.63, 3.8) is 0 Å². The Labute approximate surface area is 165 Å². The van der Waals surface area contributed by atoms with Gasteiger partial charge in [0.05, 0.1) is 12.1 Å². The van der Waals surface area contributed by atoms with Crippen LogP contribution >= 0.6 is 24.0 Å². The van der Waals surface area contributed by atoms with Crippen molar-refractivity contribution in [2.24, 2.45) is 5.73 Å². The van der Waals surface area contributed by atoms with Crippen LogP contribution in [0.5, 0.6) is 0 Å². The molecule has 0 spiro atoms. The highest BCUT2D eigenvalue weighted by Crippen LogP contribution is 2.23. The highest BCUT2D eigenvalue weighted by atomic mass is 35.5. The second-order valence-corrected chi connectivity index (χ2v) is 6.80. The molecule has 0 aromatic heterocycles. The second kappa shape index (κ2) is 9.93. The molecule has 0 saturated carbocycles. The van der Waals surface area contributed by atoms with Gasteiger partial charge in [0.1, 0.15) is 6.10 Å². The maximum absolute atomic E-state index is 12.6. The molecule has 0 bridgehead atoms. The first-order chi connectivity index (χ1) is 12.2. The van der Waals surface area contributed by atoms with Gasteiger partial charge >= 0.3 is 0 Å². The smallest absolute Gasteiger partial charge is 0.249 e. The number of hydrogen-bond acceptors (Lipinski definition) is 3. The monoisotopic (exact) mass is 394 g/mol. The Morgan fingerprint density at radius 3 is 2.46 bits per heavy atom. The lowest BCUT2D eigenvalue weighted by Crippen LogP contribution is -2.38. The molecule has 3 atom stereocenters. The normalized spacial score (nSPS) is 20.2. The van der Waals surface area contributed by atoms with Crippen LogP contribution in [0.3, 0.4) is 0 Å². The summed E-state index contributed by atoms with van der Waals surface area (Å²) in [5.41, 5.74) is 7.82. The number of halogens is 2. The van der Waals surface area contributed by atoms with Crippen LogP contribution in [0, 0.1) is 0 Å². The highest BCUT2D eigenvalue weighted by molar-refractivity contribution is 6.30. The van der Waals surface area contributed by atoms with Crippen LogP contribution in [0.4, 0.5) is 0 Å². The van der Waals surface area contributed by atoms with Gasteiger partial charge in [-0.15, -0.1) is 12.4 Å². The average molecular weight is 395 g/mol.